The lowest BCUT2D eigenvalue weighted by Crippen LogP contribution is -2.32. The highest BCUT2D eigenvalue weighted by Gasteiger charge is 2.14. The van der Waals surface area contributed by atoms with Crippen LogP contribution in [-0.2, 0) is 20.8 Å². The van der Waals surface area contributed by atoms with Crippen molar-refractivity contribution in [3.8, 4) is 5.75 Å². The maximum Gasteiger partial charge on any atom is 0.329 e. The van der Waals surface area contributed by atoms with Gasteiger partial charge in [-0.05, 0) is 60.0 Å². The number of para-hydroxylation sites is 1. The zero-order valence-corrected chi connectivity index (χ0v) is 20.2. The fraction of sp³-hybridized carbons (Fsp3) is 0.120. The smallest absolute Gasteiger partial charge is 0.329 e. The highest BCUT2D eigenvalue weighted by atomic mass is 35.5. The molecule has 3 aromatic rings. The number of nitrogens with one attached hydrogen (secondary N) is 3. The standard InChI is InChI=1S/C25H22Cl2N4O4/c1-2-17-6-3-4-8-20(17)30-24(33)25(34)31-28-14-16-10-12-18(13-11-16)35-15-22(32)29-21-9-5-7-19(26)23(21)27/h3-14H,2,15H2,1H3,(H,29,32)(H,30,33)(H,31,34)/b28-14-. The van der Waals surface area contributed by atoms with Crippen molar-refractivity contribution in [1.29, 1.82) is 0 Å². The van der Waals surface area contributed by atoms with E-state index in [2.05, 4.69) is 21.2 Å². The van der Waals surface area contributed by atoms with E-state index in [-0.39, 0.29) is 11.6 Å². The van der Waals surface area contributed by atoms with Gasteiger partial charge in [0.1, 0.15) is 5.75 Å². The Kier molecular flexibility index (Phi) is 9.23. The van der Waals surface area contributed by atoms with Gasteiger partial charge in [-0.3, -0.25) is 14.4 Å². The number of hydrogen-bond acceptors (Lipinski definition) is 5. The van der Waals surface area contributed by atoms with Crippen LogP contribution in [0.2, 0.25) is 10.0 Å². The van der Waals surface area contributed by atoms with Gasteiger partial charge in [-0.25, -0.2) is 5.43 Å². The van der Waals surface area contributed by atoms with Crippen LogP contribution in [0, 0.1) is 0 Å². The van der Waals surface area contributed by atoms with Crippen molar-refractivity contribution in [1.82, 2.24) is 5.43 Å². The molecule has 0 aliphatic rings. The summed E-state index contributed by atoms with van der Waals surface area (Å²) in [6, 6.07) is 18.8. The summed E-state index contributed by atoms with van der Waals surface area (Å²) in [5.74, 6) is -1.66. The number of aryl methyl sites for hydroxylation is 1. The molecule has 8 nitrogen and oxygen atoms in total. The molecule has 3 rings (SSSR count). The third-order valence-electron chi connectivity index (χ3n) is 4.71. The maximum atomic E-state index is 12.1. The molecule has 3 N–H and O–H groups in total. The summed E-state index contributed by atoms with van der Waals surface area (Å²) in [5, 5.41) is 9.59. The van der Waals surface area contributed by atoms with Gasteiger partial charge in [0.2, 0.25) is 0 Å². The number of hydrogen-bond donors (Lipinski definition) is 3. The largest absolute Gasteiger partial charge is 0.484 e. The predicted molar refractivity (Wildman–Crippen MR) is 137 cm³/mol. The molecule has 3 amide bonds. The van der Waals surface area contributed by atoms with Crippen LogP contribution in [0.4, 0.5) is 11.4 Å². The molecule has 0 radical (unpaired) electrons. The van der Waals surface area contributed by atoms with Gasteiger partial charge in [-0.2, -0.15) is 5.10 Å². The van der Waals surface area contributed by atoms with E-state index < -0.39 is 17.7 Å². The van der Waals surface area contributed by atoms with E-state index in [0.29, 0.717) is 27.7 Å². The Bertz CT molecular complexity index is 1250. The first-order valence-corrected chi connectivity index (χ1v) is 11.3. The number of anilines is 2. The van der Waals surface area contributed by atoms with E-state index in [1.807, 2.05) is 19.1 Å². The van der Waals surface area contributed by atoms with Crippen LogP contribution in [0.25, 0.3) is 0 Å². The van der Waals surface area contributed by atoms with E-state index in [1.54, 1.807) is 54.6 Å². The second-order valence-corrected chi connectivity index (χ2v) is 7.96. The van der Waals surface area contributed by atoms with Crippen molar-refractivity contribution in [2.75, 3.05) is 17.2 Å². The molecule has 180 valence electrons. The first-order chi connectivity index (χ1) is 16.9. The van der Waals surface area contributed by atoms with Gasteiger partial charge < -0.3 is 15.4 Å². The summed E-state index contributed by atoms with van der Waals surface area (Å²) in [6.45, 7) is 1.72. The number of carbonyl (C=O) groups is 3. The summed E-state index contributed by atoms with van der Waals surface area (Å²) < 4.78 is 5.46. The van der Waals surface area contributed by atoms with Crippen LogP contribution in [0.3, 0.4) is 0 Å². The van der Waals surface area contributed by atoms with Crippen molar-refractivity contribution in [2.45, 2.75) is 13.3 Å². The molecule has 0 aliphatic heterocycles. The van der Waals surface area contributed by atoms with Crippen molar-refractivity contribution in [3.63, 3.8) is 0 Å². The lowest BCUT2D eigenvalue weighted by Gasteiger charge is -2.09. The lowest BCUT2D eigenvalue weighted by molar-refractivity contribution is -0.136. The lowest BCUT2D eigenvalue weighted by atomic mass is 10.1. The number of rotatable bonds is 8. The third-order valence-corrected chi connectivity index (χ3v) is 5.53. The summed E-state index contributed by atoms with van der Waals surface area (Å²) in [5.41, 5.74) is 4.73. The zero-order valence-electron chi connectivity index (χ0n) is 18.7. The Labute approximate surface area is 212 Å². The molecular weight excluding hydrogens is 491 g/mol. The molecule has 0 saturated heterocycles. The average Bonchev–Trinajstić information content (AvgIpc) is 2.86. The van der Waals surface area contributed by atoms with Crippen LogP contribution in [0.1, 0.15) is 18.1 Å². The second kappa shape index (κ2) is 12.5. The first-order valence-electron chi connectivity index (χ1n) is 10.6. The first kappa shape index (κ1) is 25.7. The average molecular weight is 513 g/mol. The summed E-state index contributed by atoms with van der Waals surface area (Å²) in [4.78, 5) is 36.2. The van der Waals surface area contributed by atoms with Crippen molar-refractivity contribution in [3.05, 3.63) is 87.9 Å². The predicted octanol–water partition coefficient (Wildman–Crippen LogP) is 4.66. The molecule has 0 aromatic heterocycles. The highest BCUT2D eigenvalue weighted by molar-refractivity contribution is 6.44. The number of carbonyl (C=O) groups excluding carboxylic acids is 3. The third kappa shape index (κ3) is 7.56. The Morgan fingerprint density at radius 2 is 1.60 bits per heavy atom. The molecule has 0 saturated carbocycles. The normalized spacial score (nSPS) is 10.6. The number of benzene rings is 3. The number of amides is 3. The van der Waals surface area contributed by atoms with E-state index in [4.69, 9.17) is 27.9 Å². The number of hydrazone groups is 1. The molecule has 0 heterocycles. The van der Waals surface area contributed by atoms with E-state index in [0.717, 1.165) is 12.0 Å². The molecule has 3 aromatic carbocycles. The molecule has 35 heavy (non-hydrogen) atoms. The Hall–Kier alpha value is -3.88. The fourth-order valence-corrected chi connectivity index (χ4v) is 3.28. The minimum Gasteiger partial charge on any atom is -0.484 e. The molecule has 0 spiro atoms. The minimum absolute atomic E-state index is 0.234. The van der Waals surface area contributed by atoms with Gasteiger partial charge in [-0.1, -0.05) is 54.4 Å². The molecule has 0 fully saturated rings. The number of halogens is 2. The molecule has 0 aliphatic carbocycles. The monoisotopic (exact) mass is 512 g/mol. The topological polar surface area (TPSA) is 109 Å². The van der Waals surface area contributed by atoms with Gasteiger partial charge in [0, 0.05) is 5.69 Å². The summed E-state index contributed by atoms with van der Waals surface area (Å²) >= 11 is 12.0. The molecular formula is C25H22Cl2N4O4. The Morgan fingerprint density at radius 1 is 0.886 bits per heavy atom. The van der Waals surface area contributed by atoms with Crippen LogP contribution in [0.5, 0.6) is 5.75 Å². The number of ether oxygens (including phenoxy) is 1. The van der Waals surface area contributed by atoms with Gasteiger partial charge in [0.25, 0.3) is 5.91 Å². The van der Waals surface area contributed by atoms with Crippen molar-refractivity contribution < 1.29 is 19.1 Å². The van der Waals surface area contributed by atoms with Crippen LogP contribution in [0.15, 0.2) is 71.8 Å². The van der Waals surface area contributed by atoms with Gasteiger partial charge in [-0.15, -0.1) is 0 Å². The van der Waals surface area contributed by atoms with Gasteiger partial charge >= 0.3 is 11.8 Å². The summed E-state index contributed by atoms with van der Waals surface area (Å²) in [7, 11) is 0. The maximum absolute atomic E-state index is 12.1. The molecule has 10 heteroatoms. The van der Waals surface area contributed by atoms with E-state index in [9.17, 15) is 14.4 Å². The number of nitrogens with zero attached hydrogens (tertiary/aromatic N) is 1. The highest BCUT2D eigenvalue weighted by Crippen LogP contribution is 2.29. The van der Waals surface area contributed by atoms with Crippen LogP contribution >= 0.6 is 23.2 Å². The van der Waals surface area contributed by atoms with E-state index in [1.165, 1.54) is 6.21 Å². The Morgan fingerprint density at radius 3 is 2.34 bits per heavy atom. The van der Waals surface area contributed by atoms with Crippen LogP contribution < -0.4 is 20.8 Å². The minimum atomic E-state index is -0.891. The molecule has 0 atom stereocenters. The van der Waals surface area contributed by atoms with Gasteiger partial charge in [0.05, 0.1) is 21.9 Å². The van der Waals surface area contributed by atoms with Crippen LogP contribution in [-0.4, -0.2) is 30.5 Å². The van der Waals surface area contributed by atoms with E-state index >= 15 is 0 Å². The SMILES string of the molecule is CCc1ccccc1NC(=O)C(=O)N/N=C\c1ccc(OCC(=O)Nc2cccc(Cl)c2Cl)cc1. The van der Waals surface area contributed by atoms with Gasteiger partial charge in [0.15, 0.2) is 6.61 Å². The summed E-state index contributed by atoms with van der Waals surface area (Å²) in [6.07, 6.45) is 2.10. The Balaban J connectivity index is 1.46. The zero-order chi connectivity index (χ0) is 25.2. The van der Waals surface area contributed by atoms with Crippen molar-refractivity contribution >= 4 is 58.5 Å². The second-order valence-electron chi connectivity index (χ2n) is 7.17. The quantitative estimate of drug-likeness (QED) is 0.231. The van der Waals surface area contributed by atoms with Crippen molar-refractivity contribution in [2.24, 2.45) is 5.10 Å². The fourth-order valence-electron chi connectivity index (χ4n) is 2.93. The molecule has 0 unspecified atom stereocenters. The molecule has 0 bridgehead atoms.